The minimum Gasteiger partial charge on any atom is -0.368 e. The van der Waals surface area contributed by atoms with Crippen molar-refractivity contribution in [2.75, 3.05) is 0 Å². The standard InChI is InChI=1S/C31H28Cl2N8.ClH/c1-18(38-40-30(34)36-26-9-5-24(32)6-10-26)20-3-13-28-22(15-20)17-23-16-21(4-14-29(23)28)19(2)39-41-31(35)37-27-11-7-25(33)8-12-27;/h3-16H,17H2,1-2H3,(H3,34,36,40)(H3,35,37,41);1H/b38-18+,39-19+;. The van der Waals surface area contributed by atoms with Gasteiger partial charge in [-0.3, -0.25) is 0 Å². The number of benzene rings is 4. The summed E-state index contributed by atoms with van der Waals surface area (Å²) in [6.45, 7) is 3.86. The summed E-state index contributed by atoms with van der Waals surface area (Å²) in [5.41, 5.74) is 27.5. The summed E-state index contributed by atoms with van der Waals surface area (Å²) in [5, 5.41) is 10.1. The third-order valence-electron chi connectivity index (χ3n) is 6.55. The topological polar surface area (TPSA) is 126 Å². The molecule has 0 amide bonds. The summed E-state index contributed by atoms with van der Waals surface area (Å²) in [6.07, 6.45) is 0.814. The molecule has 0 unspecified atom stereocenters. The highest BCUT2D eigenvalue weighted by Gasteiger charge is 2.20. The van der Waals surface area contributed by atoms with Crippen LogP contribution in [0.5, 0.6) is 0 Å². The number of hydrogen-bond donors (Lipinski definition) is 4. The van der Waals surface area contributed by atoms with E-state index in [1.54, 1.807) is 48.5 Å². The molecule has 0 radical (unpaired) electrons. The van der Waals surface area contributed by atoms with E-state index in [1.807, 2.05) is 13.8 Å². The van der Waals surface area contributed by atoms with Crippen molar-refractivity contribution in [3.63, 3.8) is 0 Å². The van der Waals surface area contributed by atoms with Crippen LogP contribution in [0.25, 0.3) is 11.1 Å². The summed E-state index contributed by atoms with van der Waals surface area (Å²) in [5.74, 6) is 0.384. The zero-order valence-corrected chi connectivity index (χ0v) is 25.2. The summed E-state index contributed by atoms with van der Waals surface area (Å²) >= 11 is 11.8. The van der Waals surface area contributed by atoms with Crippen molar-refractivity contribution in [3.8, 4) is 11.1 Å². The van der Waals surface area contributed by atoms with Crippen LogP contribution in [-0.2, 0) is 6.42 Å². The Morgan fingerprint density at radius 1 is 0.619 bits per heavy atom. The highest BCUT2D eigenvalue weighted by Crippen LogP contribution is 2.37. The number of nitrogens with zero attached hydrogens (tertiary/aromatic N) is 4. The van der Waals surface area contributed by atoms with Crippen LogP contribution < -0.4 is 22.3 Å². The predicted octanol–water partition coefficient (Wildman–Crippen LogP) is 6.91. The number of rotatable bonds is 6. The fourth-order valence-corrected chi connectivity index (χ4v) is 4.68. The molecule has 0 saturated heterocycles. The molecule has 0 aliphatic heterocycles. The van der Waals surface area contributed by atoms with Crippen molar-refractivity contribution in [1.29, 1.82) is 0 Å². The van der Waals surface area contributed by atoms with Gasteiger partial charge >= 0.3 is 0 Å². The van der Waals surface area contributed by atoms with Gasteiger partial charge in [-0.2, -0.15) is 10.2 Å². The van der Waals surface area contributed by atoms with Gasteiger partial charge in [0.25, 0.3) is 0 Å². The van der Waals surface area contributed by atoms with Gasteiger partial charge in [0.15, 0.2) is 0 Å². The van der Waals surface area contributed by atoms with Gasteiger partial charge in [0.1, 0.15) is 0 Å². The van der Waals surface area contributed by atoms with Gasteiger partial charge in [-0.1, -0.05) is 47.5 Å². The van der Waals surface area contributed by atoms with Crippen LogP contribution in [0.4, 0.5) is 11.4 Å². The first-order valence-electron chi connectivity index (χ1n) is 12.8. The molecule has 0 fully saturated rings. The van der Waals surface area contributed by atoms with Crippen LogP contribution in [0.3, 0.4) is 0 Å². The molecule has 1 aliphatic rings. The maximum absolute atomic E-state index is 6.00. The van der Waals surface area contributed by atoms with E-state index < -0.39 is 0 Å². The molecular weight excluding hydrogens is 591 g/mol. The van der Waals surface area contributed by atoms with Gasteiger partial charge in [-0.05, 0) is 114 Å². The highest BCUT2D eigenvalue weighted by molar-refractivity contribution is 6.30. The molecule has 214 valence electrons. The van der Waals surface area contributed by atoms with E-state index in [2.05, 4.69) is 67.4 Å². The van der Waals surface area contributed by atoms with Crippen molar-refractivity contribution >= 4 is 70.3 Å². The molecule has 0 heterocycles. The number of aliphatic imine (C=N–C) groups is 2. The number of hydrazone groups is 2. The lowest BCUT2D eigenvalue weighted by molar-refractivity contribution is 1.00. The lowest BCUT2D eigenvalue weighted by Crippen LogP contribution is -2.27. The Kier molecular flexibility index (Phi) is 9.85. The molecule has 0 aromatic heterocycles. The Labute approximate surface area is 260 Å². The van der Waals surface area contributed by atoms with Gasteiger partial charge in [0, 0.05) is 10.0 Å². The molecular formula is C31H29Cl3N8. The average molecular weight is 620 g/mol. The number of nitrogens with one attached hydrogen (secondary N) is 2. The average Bonchev–Trinajstić information content (AvgIpc) is 3.34. The largest absolute Gasteiger partial charge is 0.368 e. The summed E-state index contributed by atoms with van der Waals surface area (Å²) in [4.78, 5) is 8.61. The van der Waals surface area contributed by atoms with Gasteiger partial charge in [0.05, 0.1) is 22.8 Å². The zero-order chi connectivity index (χ0) is 28.9. The van der Waals surface area contributed by atoms with E-state index in [0.29, 0.717) is 21.4 Å². The van der Waals surface area contributed by atoms with Crippen molar-refractivity contribution in [1.82, 2.24) is 10.9 Å². The molecule has 5 rings (SSSR count). The monoisotopic (exact) mass is 618 g/mol. The van der Waals surface area contributed by atoms with Crippen molar-refractivity contribution in [2.24, 2.45) is 31.7 Å². The maximum atomic E-state index is 6.00. The first-order valence-corrected chi connectivity index (χ1v) is 13.6. The van der Waals surface area contributed by atoms with Gasteiger partial charge in [-0.25, -0.2) is 20.8 Å². The van der Waals surface area contributed by atoms with E-state index in [4.69, 9.17) is 34.7 Å². The molecule has 8 nitrogen and oxygen atoms in total. The normalized spacial score (nSPS) is 13.2. The van der Waals surface area contributed by atoms with E-state index in [9.17, 15) is 0 Å². The SMILES string of the molecule is C/C(=N\NC(N)=Nc1ccc(Cl)cc1)c1ccc2c(c1)Cc1cc(/C(C)=N/NC(N)=Nc3ccc(Cl)cc3)ccc1-2.Cl. The first-order chi connectivity index (χ1) is 19.7. The molecule has 4 aromatic rings. The molecule has 6 N–H and O–H groups in total. The third kappa shape index (κ3) is 7.47. The lowest BCUT2D eigenvalue weighted by atomic mass is 10.0. The van der Waals surface area contributed by atoms with Gasteiger partial charge < -0.3 is 11.5 Å². The summed E-state index contributed by atoms with van der Waals surface area (Å²) < 4.78 is 0. The van der Waals surface area contributed by atoms with Crippen LogP contribution >= 0.6 is 35.6 Å². The number of halogens is 3. The summed E-state index contributed by atoms with van der Waals surface area (Å²) in [6, 6.07) is 26.9. The van der Waals surface area contributed by atoms with Crippen molar-refractivity contribution < 1.29 is 0 Å². The van der Waals surface area contributed by atoms with Crippen molar-refractivity contribution in [3.05, 3.63) is 117 Å². The molecule has 0 spiro atoms. The van der Waals surface area contributed by atoms with Crippen LogP contribution in [0.15, 0.2) is 105 Å². The van der Waals surface area contributed by atoms with Crippen LogP contribution in [0.2, 0.25) is 10.0 Å². The molecule has 1 aliphatic carbocycles. The Morgan fingerprint density at radius 3 is 1.38 bits per heavy atom. The van der Waals surface area contributed by atoms with Crippen LogP contribution in [0, 0.1) is 0 Å². The number of hydrogen-bond acceptors (Lipinski definition) is 4. The molecule has 11 heteroatoms. The van der Waals surface area contributed by atoms with Crippen LogP contribution in [-0.4, -0.2) is 23.3 Å². The Bertz CT molecular complexity index is 1580. The Hall–Kier alpha value is -4.37. The fraction of sp³-hybridized carbons (Fsp3) is 0.0968. The molecule has 0 bridgehead atoms. The second kappa shape index (κ2) is 13.5. The first kappa shape index (κ1) is 30.6. The van der Waals surface area contributed by atoms with Crippen LogP contribution in [0.1, 0.15) is 36.1 Å². The van der Waals surface area contributed by atoms with E-state index >= 15 is 0 Å². The number of nitrogens with two attached hydrogens (primary N) is 2. The van der Waals surface area contributed by atoms with Crippen molar-refractivity contribution in [2.45, 2.75) is 20.3 Å². The third-order valence-corrected chi connectivity index (χ3v) is 7.05. The molecule has 0 saturated carbocycles. The minimum absolute atomic E-state index is 0. The number of fused-ring (bicyclic) bond motifs is 3. The fourth-order valence-electron chi connectivity index (χ4n) is 4.43. The van der Waals surface area contributed by atoms with E-state index in [-0.39, 0.29) is 24.3 Å². The second-order valence-electron chi connectivity index (χ2n) is 9.49. The van der Waals surface area contributed by atoms with E-state index in [1.165, 1.54) is 22.3 Å². The van der Waals surface area contributed by atoms with Gasteiger partial charge in [0.2, 0.25) is 11.9 Å². The molecule has 4 aromatic carbocycles. The van der Waals surface area contributed by atoms with Gasteiger partial charge in [-0.15, -0.1) is 12.4 Å². The molecule has 0 atom stereocenters. The Balaban J connectivity index is 0.00000405. The maximum Gasteiger partial charge on any atom is 0.214 e. The smallest absolute Gasteiger partial charge is 0.214 e. The second-order valence-corrected chi connectivity index (χ2v) is 10.4. The lowest BCUT2D eigenvalue weighted by Gasteiger charge is -2.07. The minimum atomic E-state index is 0. The predicted molar refractivity (Wildman–Crippen MR) is 178 cm³/mol. The quantitative estimate of drug-likeness (QED) is 0.0936. The zero-order valence-electron chi connectivity index (χ0n) is 22.9. The summed E-state index contributed by atoms with van der Waals surface area (Å²) in [7, 11) is 0. The van der Waals surface area contributed by atoms with E-state index in [0.717, 1.165) is 29.0 Å². The number of guanidine groups is 2. The Morgan fingerprint density at radius 2 is 1.00 bits per heavy atom. The highest BCUT2D eigenvalue weighted by atomic mass is 35.5. The molecule has 42 heavy (non-hydrogen) atoms.